The molecule has 3 aromatic rings. The number of carbonyl (C=O) groups excluding carboxylic acids is 2. The van der Waals surface area contributed by atoms with Gasteiger partial charge in [-0.25, -0.2) is 38.4 Å². The molecule has 46 heavy (non-hydrogen) atoms. The third kappa shape index (κ3) is 7.40. The molecule has 1 aliphatic carbocycles. The summed E-state index contributed by atoms with van der Waals surface area (Å²) in [7, 11) is 0. The van der Waals surface area contributed by atoms with Crippen LogP contribution in [0.2, 0.25) is 0 Å². The molecule has 3 aromatic heterocycles. The van der Waals surface area contributed by atoms with Gasteiger partial charge in [0.1, 0.15) is 10.5 Å². The summed E-state index contributed by atoms with van der Waals surface area (Å²) in [6.07, 6.45) is 3.96. The summed E-state index contributed by atoms with van der Waals surface area (Å²) in [6, 6.07) is 0. The monoisotopic (exact) mass is 718 g/mol. The Kier molecular flexibility index (Phi) is 8.85. The van der Waals surface area contributed by atoms with Crippen LogP contribution in [0.15, 0.2) is 10.8 Å². The SMILES string of the molecule is O=C(Cc1csc(N2CC(F)(F)C2)n1)Nc1nnc([C@H]2CCC[C@H](C3NNC(NC(=O)Cc4csc(N5CC(F)(F)C5)n4)S3)C2)s1. The van der Waals surface area contributed by atoms with E-state index in [1.165, 1.54) is 43.8 Å². The number of aromatic nitrogens is 4. The lowest BCUT2D eigenvalue weighted by Crippen LogP contribution is -2.56. The van der Waals surface area contributed by atoms with E-state index >= 15 is 0 Å². The standard InChI is InChI=1S/C26H30F4N10O2S4/c27-25(28)9-39(10-25)23-31-15(7-43-23)5-17(41)33-21-37-35-19(45-21)13-2-1-3-14(4-13)20-36-38-22(46-20)34-18(42)6-16-8-44-24(32-16)40-11-26(29,30)12-40/h7-8,13-14,19,21,35,37H,1-6,9-12H2,(H,33,41)(H,34,38,42)/t13-,14-,19?,21?/m0/s1. The van der Waals surface area contributed by atoms with Gasteiger partial charge in [0.05, 0.1) is 55.8 Å². The number of rotatable bonds is 10. The lowest BCUT2D eigenvalue weighted by Gasteiger charge is -2.38. The quantitative estimate of drug-likeness (QED) is 0.229. The molecule has 2 unspecified atom stereocenters. The number of carbonyl (C=O) groups is 2. The lowest BCUT2D eigenvalue weighted by molar-refractivity contribution is -0.120. The number of nitrogens with zero attached hydrogens (tertiary/aromatic N) is 6. The van der Waals surface area contributed by atoms with E-state index in [1.807, 2.05) is 0 Å². The van der Waals surface area contributed by atoms with Crippen LogP contribution in [0.25, 0.3) is 0 Å². The van der Waals surface area contributed by atoms with Gasteiger partial charge in [-0.1, -0.05) is 29.5 Å². The number of hydrogen-bond donors (Lipinski definition) is 4. The zero-order valence-corrected chi connectivity index (χ0v) is 27.4. The topological polar surface area (TPSA) is 140 Å². The Labute approximate surface area is 277 Å². The molecule has 20 heteroatoms. The molecule has 0 spiro atoms. The smallest absolute Gasteiger partial charge is 0.282 e. The van der Waals surface area contributed by atoms with Gasteiger partial charge in [0, 0.05) is 16.7 Å². The molecule has 4 fully saturated rings. The Morgan fingerprint density at radius 2 is 1.52 bits per heavy atom. The number of nitrogens with one attached hydrogen (secondary N) is 4. The minimum atomic E-state index is -2.68. The fourth-order valence-corrected chi connectivity index (χ4v) is 9.67. The molecule has 0 aromatic carbocycles. The van der Waals surface area contributed by atoms with Crippen molar-refractivity contribution in [3.05, 3.63) is 27.2 Å². The van der Waals surface area contributed by atoms with E-state index in [9.17, 15) is 27.2 Å². The number of thiazole rings is 2. The van der Waals surface area contributed by atoms with Crippen molar-refractivity contribution in [1.29, 1.82) is 0 Å². The van der Waals surface area contributed by atoms with Crippen molar-refractivity contribution in [2.24, 2.45) is 5.92 Å². The maximum Gasteiger partial charge on any atom is 0.282 e. The highest BCUT2D eigenvalue weighted by Crippen LogP contribution is 2.42. The second kappa shape index (κ2) is 12.8. The highest BCUT2D eigenvalue weighted by molar-refractivity contribution is 8.00. The van der Waals surface area contributed by atoms with Crippen LogP contribution >= 0.6 is 45.8 Å². The summed E-state index contributed by atoms with van der Waals surface area (Å²) < 4.78 is 52.6. The van der Waals surface area contributed by atoms with E-state index < -0.39 is 11.8 Å². The van der Waals surface area contributed by atoms with Gasteiger partial charge >= 0.3 is 0 Å². The van der Waals surface area contributed by atoms with Gasteiger partial charge in [0.2, 0.25) is 16.9 Å². The third-order valence-corrected chi connectivity index (χ3v) is 12.3. The van der Waals surface area contributed by atoms with Gasteiger partial charge in [-0.2, -0.15) is 0 Å². The van der Waals surface area contributed by atoms with Crippen molar-refractivity contribution in [2.45, 2.75) is 67.2 Å². The Balaban J connectivity index is 0.851. The second-order valence-electron chi connectivity index (χ2n) is 11.9. The Hall–Kier alpha value is -2.65. The van der Waals surface area contributed by atoms with Crippen molar-refractivity contribution >= 4 is 73.0 Å². The van der Waals surface area contributed by atoms with Gasteiger partial charge in [0.25, 0.3) is 11.8 Å². The fourth-order valence-electron chi connectivity index (χ4n) is 5.88. The summed E-state index contributed by atoms with van der Waals surface area (Å²) in [5.74, 6) is -5.35. The number of halogens is 4. The molecule has 12 nitrogen and oxygen atoms in total. The summed E-state index contributed by atoms with van der Waals surface area (Å²) >= 11 is 5.46. The van der Waals surface area contributed by atoms with Crippen molar-refractivity contribution in [1.82, 2.24) is 36.3 Å². The average molecular weight is 719 g/mol. The van der Waals surface area contributed by atoms with Crippen molar-refractivity contribution < 1.29 is 27.2 Å². The maximum absolute atomic E-state index is 13.2. The third-order valence-electron chi connectivity index (χ3n) is 8.10. The predicted octanol–water partition coefficient (Wildman–Crippen LogP) is 3.63. The van der Waals surface area contributed by atoms with Crippen LogP contribution in [0.3, 0.4) is 0 Å². The molecule has 0 radical (unpaired) electrons. The van der Waals surface area contributed by atoms with Crippen molar-refractivity contribution in [3.63, 3.8) is 0 Å². The second-order valence-corrected chi connectivity index (χ2v) is 15.9. The first kappa shape index (κ1) is 31.9. The first-order chi connectivity index (χ1) is 22.0. The van der Waals surface area contributed by atoms with E-state index in [0.717, 1.165) is 30.7 Å². The summed E-state index contributed by atoms with van der Waals surface area (Å²) in [4.78, 5) is 36.9. The van der Waals surface area contributed by atoms with Crippen LogP contribution in [-0.2, 0) is 22.4 Å². The van der Waals surface area contributed by atoms with Crippen molar-refractivity contribution in [3.8, 4) is 0 Å². The normalized spacial score (nSPS) is 26.8. The van der Waals surface area contributed by atoms with E-state index in [2.05, 4.69) is 41.7 Å². The largest absolute Gasteiger partial charge is 0.336 e. The highest BCUT2D eigenvalue weighted by Gasteiger charge is 2.46. The minimum Gasteiger partial charge on any atom is -0.336 e. The summed E-state index contributed by atoms with van der Waals surface area (Å²) in [6.45, 7) is -1.39. The molecule has 4 atom stereocenters. The number of thioether (sulfide) groups is 1. The first-order valence-electron chi connectivity index (χ1n) is 14.7. The molecule has 2 amide bonds. The molecule has 4 N–H and O–H groups in total. The number of amides is 2. The Morgan fingerprint density at radius 1 is 0.891 bits per heavy atom. The molecular weight excluding hydrogens is 689 g/mol. The van der Waals surface area contributed by atoms with Crippen molar-refractivity contribution in [2.75, 3.05) is 41.3 Å². The van der Waals surface area contributed by atoms with E-state index in [0.29, 0.717) is 32.7 Å². The molecule has 3 aliphatic heterocycles. The zero-order valence-electron chi connectivity index (χ0n) is 24.2. The predicted molar refractivity (Wildman–Crippen MR) is 169 cm³/mol. The van der Waals surface area contributed by atoms with Crippen LogP contribution in [0, 0.1) is 5.92 Å². The molecule has 0 bridgehead atoms. The minimum absolute atomic E-state index is 0.0152. The highest BCUT2D eigenvalue weighted by atomic mass is 32.2. The molecule has 7 rings (SSSR count). The maximum atomic E-state index is 13.2. The first-order valence-corrected chi connectivity index (χ1v) is 18.2. The number of alkyl halides is 4. The Morgan fingerprint density at radius 3 is 2.15 bits per heavy atom. The number of hydrazine groups is 1. The number of hydrogen-bond acceptors (Lipinski definition) is 14. The fraction of sp³-hybridized carbons (Fsp3) is 0.615. The number of anilines is 3. The Bertz CT molecular complexity index is 1570. The van der Waals surface area contributed by atoms with Crippen LogP contribution in [0.1, 0.15) is 48.0 Å². The van der Waals surface area contributed by atoms with Gasteiger partial charge in [-0.15, -0.1) is 32.9 Å². The molecule has 1 saturated carbocycles. The summed E-state index contributed by atoms with van der Waals surface area (Å²) in [5, 5.41) is 20.1. The van der Waals surface area contributed by atoms with Gasteiger partial charge in [0.15, 0.2) is 10.3 Å². The van der Waals surface area contributed by atoms with Crippen LogP contribution in [0.4, 0.5) is 33.0 Å². The van der Waals surface area contributed by atoms with E-state index in [-0.39, 0.29) is 67.6 Å². The molecule has 248 valence electrons. The van der Waals surface area contributed by atoms with Gasteiger partial charge < -0.3 is 20.4 Å². The van der Waals surface area contributed by atoms with Gasteiger partial charge in [-0.05, 0) is 25.2 Å². The lowest BCUT2D eigenvalue weighted by atomic mass is 9.81. The average Bonchev–Trinajstić information content (AvgIpc) is 3.79. The van der Waals surface area contributed by atoms with Gasteiger partial charge in [-0.3, -0.25) is 9.59 Å². The molecule has 4 aliphatic rings. The zero-order chi connectivity index (χ0) is 32.1. The van der Waals surface area contributed by atoms with E-state index in [1.54, 1.807) is 22.5 Å². The van der Waals surface area contributed by atoms with E-state index in [4.69, 9.17) is 0 Å². The molecule has 3 saturated heterocycles. The van der Waals surface area contributed by atoms with Crippen LogP contribution < -0.4 is 31.3 Å². The molecule has 6 heterocycles. The van der Waals surface area contributed by atoms with Crippen LogP contribution in [-0.4, -0.2) is 80.9 Å². The summed E-state index contributed by atoms with van der Waals surface area (Å²) in [5.41, 5.74) is 7.20. The molecular formula is C26H30F4N10O2S4. The van der Waals surface area contributed by atoms with Crippen LogP contribution in [0.5, 0.6) is 0 Å².